The summed E-state index contributed by atoms with van der Waals surface area (Å²) in [7, 11) is 0. The Morgan fingerprint density at radius 1 is 1.29 bits per heavy atom. The summed E-state index contributed by atoms with van der Waals surface area (Å²) in [4.78, 5) is 19.3. The van der Waals surface area contributed by atoms with E-state index in [1.807, 2.05) is 18.2 Å². The molecule has 0 unspecified atom stereocenters. The summed E-state index contributed by atoms with van der Waals surface area (Å²) in [6.45, 7) is 0. The van der Waals surface area contributed by atoms with Crippen molar-refractivity contribution in [2.45, 2.75) is 6.42 Å². The molecule has 2 heterocycles. The minimum atomic E-state index is -0.209. The van der Waals surface area contributed by atoms with Crippen molar-refractivity contribution >= 4 is 22.5 Å². The van der Waals surface area contributed by atoms with Gasteiger partial charge in [0.05, 0.1) is 12.5 Å². The summed E-state index contributed by atoms with van der Waals surface area (Å²) in [5.74, 6) is -0.209. The second-order valence-corrected chi connectivity index (χ2v) is 4.63. The lowest BCUT2D eigenvalue weighted by molar-refractivity contribution is 0.102. The van der Waals surface area contributed by atoms with Gasteiger partial charge in [-0.1, -0.05) is 12.1 Å². The molecule has 2 aromatic heterocycles. The van der Waals surface area contributed by atoms with Gasteiger partial charge in [-0.05, 0) is 29.8 Å². The number of carbonyl (C=O) groups is 1. The summed E-state index contributed by atoms with van der Waals surface area (Å²) in [5.41, 5.74) is 2.98. The van der Waals surface area contributed by atoms with Gasteiger partial charge in [0.25, 0.3) is 5.91 Å². The molecule has 21 heavy (non-hydrogen) atoms. The number of anilines is 1. The number of benzene rings is 1. The summed E-state index contributed by atoms with van der Waals surface area (Å²) < 4.78 is 0. The van der Waals surface area contributed by atoms with Gasteiger partial charge < -0.3 is 10.3 Å². The van der Waals surface area contributed by atoms with E-state index in [9.17, 15) is 4.79 Å². The largest absolute Gasteiger partial charge is 0.350 e. The molecule has 2 N–H and O–H groups in total. The molecular formula is C16H12N4O. The molecule has 5 heteroatoms. The highest BCUT2D eigenvalue weighted by molar-refractivity contribution is 6.05. The van der Waals surface area contributed by atoms with E-state index in [0.717, 1.165) is 16.5 Å². The van der Waals surface area contributed by atoms with Crippen LogP contribution in [0.3, 0.4) is 0 Å². The van der Waals surface area contributed by atoms with Crippen LogP contribution in [0.2, 0.25) is 0 Å². The number of nitrogens with zero attached hydrogens (tertiary/aromatic N) is 2. The average Bonchev–Trinajstić information content (AvgIpc) is 2.94. The molecule has 0 aliphatic carbocycles. The van der Waals surface area contributed by atoms with E-state index in [-0.39, 0.29) is 5.91 Å². The number of nitriles is 1. The van der Waals surface area contributed by atoms with Crippen LogP contribution in [-0.2, 0) is 6.42 Å². The topological polar surface area (TPSA) is 81.6 Å². The zero-order chi connectivity index (χ0) is 14.7. The monoisotopic (exact) mass is 276 g/mol. The zero-order valence-electron chi connectivity index (χ0n) is 11.1. The number of amides is 1. The normalized spacial score (nSPS) is 10.2. The number of pyridine rings is 1. The molecule has 0 atom stereocenters. The number of aromatic amines is 1. The fourth-order valence-corrected chi connectivity index (χ4v) is 2.09. The Morgan fingerprint density at radius 3 is 2.81 bits per heavy atom. The van der Waals surface area contributed by atoms with E-state index in [1.165, 1.54) is 0 Å². The van der Waals surface area contributed by atoms with Crippen molar-refractivity contribution in [3.63, 3.8) is 0 Å². The van der Waals surface area contributed by atoms with Gasteiger partial charge in [-0.25, -0.2) is 0 Å². The maximum Gasteiger partial charge on any atom is 0.272 e. The van der Waals surface area contributed by atoms with E-state index < -0.39 is 0 Å². The lowest BCUT2D eigenvalue weighted by Gasteiger charge is -2.04. The zero-order valence-corrected chi connectivity index (χ0v) is 11.1. The van der Waals surface area contributed by atoms with E-state index in [4.69, 9.17) is 5.26 Å². The lowest BCUT2D eigenvalue weighted by Crippen LogP contribution is -2.12. The molecule has 0 aliphatic rings. The first kappa shape index (κ1) is 12.9. The third-order valence-electron chi connectivity index (χ3n) is 3.16. The Bertz CT molecular complexity index is 794. The van der Waals surface area contributed by atoms with Gasteiger partial charge in [0.15, 0.2) is 0 Å². The number of H-pyrrole nitrogens is 1. The average molecular weight is 276 g/mol. The van der Waals surface area contributed by atoms with Crippen molar-refractivity contribution in [3.8, 4) is 6.07 Å². The van der Waals surface area contributed by atoms with Crippen LogP contribution >= 0.6 is 0 Å². The third-order valence-corrected chi connectivity index (χ3v) is 3.16. The smallest absolute Gasteiger partial charge is 0.272 e. The van der Waals surface area contributed by atoms with E-state index >= 15 is 0 Å². The summed E-state index contributed by atoms with van der Waals surface area (Å²) in [6.07, 6.45) is 3.75. The first-order chi connectivity index (χ1) is 10.3. The molecule has 102 valence electrons. The number of carbonyl (C=O) groups excluding carboxylic acids is 1. The van der Waals surface area contributed by atoms with Crippen LogP contribution in [0.15, 0.2) is 48.8 Å². The molecular weight excluding hydrogens is 264 g/mol. The molecule has 0 saturated heterocycles. The number of hydrogen-bond donors (Lipinski definition) is 2. The Morgan fingerprint density at radius 2 is 2.10 bits per heavy atom. The molecule has 1 aromatic carbocycles. The van der Waals surface area contributed by atoms with Gasteiger partial charge in [-0.2, -0.15) is 5.26 Å². The van der Waals surface area contributed by atoms with Crippen LogP contribution in [0.25, 0.3) is 10.9 Å². The quantitative estimate of drug-likeness (QED) is 0.771. The highest BCUT2D eigenvalue weighted by Crippen LogP contribution is 2.16. The minimum Gasteiger partial charge on any atom is -0.350 e. The van der Waals surface area contributed by atoms with Crippen molar-refractivity contribution in [3.05, 3.63) is 60.0 Å². The van der Waals surface area contributed by atoms with Crippen LogP contribution in [0, 0.1) is 11.3 Å². The second kappa shape index (κ2) is 5.47. The Kier molecular flexibility index (Phi) is 3.36. The summed E-state index contributed by atoms with van der Waals surface area (Å²) in [6, 6.07) is 12.9. The van der Waals surface area contributed by atoms with Gasteiger partial charge in [0, 0.05) is 29.0 Å². The van der Waals surface area contributed by atoms with Gasteiger partial charge in [0.1, 0.15) is 5.69 Å². The van der Waals surface area contributed by atoms with Crippen LogP contribution in [-0.4, -0.2) is 15.9 Å². The maximum atomic E-state index is 12.2. The van der Waals surface area contributed by atoms with Crippen molar-refractivity contribution < 1.29 is 4.79 Å². The third kappa shape index (κ3) is 2.74. The predicted octanol–water partition coefficient (Wildman–Crippen LogP) is 2.88. The van der Waals surface area contributed by atoms with Gasteiger partial charge in [-0.3, -0.25) is 9.78 Å². The van der Waals surface area contributed by atoms with Crippen LogP contribution in [0.4, 0.5) is 5.69 Å². The predicted molar refractivity (Wildman–Crippen MR) is 79.8 cm³/mol. The van der Waals surface area contributed by atoms with Crippen molar-refractivity contribution in [1.82, 2.24) is 9.97 Å². The number of hydrogen-bond acceptors (Lipinski definition) is 3. The van der Waals surface area contributed by atoms with Crippen molar-refractivity contribution in [2.75, 3.05) is 5.32 Å². The van der Waals surface area contributed by atoms with Gasteiger partial charge in [0.2, 0.25) is 0 Å². The van der Waals surface area contributed by atoms with Crippen LogP contribution in [0.5, 0.6) is 0 Å². The molecule has 1 amide bonds. The molecule has 0 radical (unpaired) electrons. The number of aromatic nitrogens is 2. The molecule has 0 spiro atoms. The van der Waals surface area contributed by atoms with Gasteiger partial charge in [-0.15, -0.1) is 0 Å². The molecule has 0 fully saturated rings. The fourth-order valence-electron chi connectivity index (χ4n) is 2.09. The first-order valence-corrected chi connectivity index (χ1v) is 6.46. The Labute approximate surface area is 121 Å². The molecule has 5 nitrogen and oxygen atoms in total. The van der Waals surface area contributed by atoms with Crippen molar-refractivity contribution in [2.24, 2.45) is 0 Å². The maximum absolute atomic E-state index is 12.2. The standard InChI is InChI=1S/C16H12N4O/c17-7-5-11-1-3-13(4-2-11)19-16(21)15-9-12-10-18-8-6-14(12)20-15/h1-4,6,8-10,20H,5H2,(H,19,21). The number of rotatable bonds is 3. The molecule has 3 rings (SSSR count). The lowest BCUT2D eigenvalue weighted by atomic mass is 10.1. The van der Waals surface area contributed by atoms with E-state index in [0.29, 0.717) is 17.8 Å². The highest BCUT2D eigenvalue weighted by atomic mass is 16.1. The Hall–Kier alpha value is -3.13. The molecule has 0 bridgehead atoms. The first-order valence-electron chi connectivity index (χ1n) is 6.46. The van der Waals surface area contributed by atoms with Crippen LogP contribution in [0.1, 0.15) is 16.1 Å². The molecule has 0 saturated carbocycles. The number of nitrogens with one attached hydrogen (secondary N) is 2. The van der Waals surface area contributed by atoms with Gasteiger partial charge >= 0.3 is 0 Å². The SMILES string of the molecule is N#CCc1ccc(NC(=O)c2cc3cnccc3[nH]2)cc1. The van der Waals surface area contributed by atoms with Crippen LogP contribution < -0.4 is 5.32 Å². The fraction of sp³-hybridized carbons (Fsp3) is 0.0625. The summed E-state index contributed by atoms with van der Waals surface area (Å²) >= 11 is 0. The number of fused-ring (bicyclic) bond motifs is 1. The summed E-state index contributed by atoms with van der Waals surface area (Å²) in [5, 5.41) is 12.3. The minimum absolute atomic E-state index is 0.209. The van der Waals surface area contributed by atoms with E-state index in [2.05, 4.69) is 21.4 Å². The van der Waals surface area contributed by atoms with Crippen molar-refractivity contribution in [1.29, 1.82) is 5.26 Å². The second-order valence-electron chi connectivity index (χ2n) is 4.63. The van der Waals surface area contributed by atoms with E-state index in [1.54, 1.807) is 30.6 Å². The molecule has 0 aliphatic heterocycles. The highest BCUT2D eigenvalue weighted by Gasteiger charge is 2.09. The molecule has 3 aromatic rings. The Balaban J connectivity index is 1.78.